The predicted molar refractivity (Wildman–Crippen MR) is 123 cm³/mol. The maximum atomic E-state index is 2.33. The minimum Gasteiger partial charge on any atom is -0.0616 e. The fourth-order valence-corrected chi connectivity index (χ4v) is 5.19. The van der Waals surface area contributed by atoms with Gasteiger partial charge in [-0.1, -0.05) is 97.1 Å². The molecular formula is C28H16. The number of benzene rings is 7. The smallest absolute Gasteiger partial charge is 0.00199 e. The first-order valence-electron chi connectivity index (χ1n) is 9.80. The van der Waals surface area contributed by atoms with E-state index in [0.717, 1.165) is 0 Å². The summed E-state index contributed by atoms with van der Waals surface area (Å²) >= 11 is 0. The first-order chi connectivity index (χ1) is 13.9. The third kappa shape index (κ3) is 1.66. The molecule has 0 aliphatic heterocycles. The highest BCUT2D eigenvalue weighted by Crippen LogP contribution is 2.43. The Bertz CT molecular complexity index is 1700. The van der Waals surface area contributed by atoms with Crippen LogP contribution in [-0.2, 0) is 0 Å². The van der Waals surface area contributed by atoms with Crippen molar-refractivity contribution < 1.29 is 0 Å². The van der Waals surface area contributed by atoms with Gasteiger partial charge in [0.15, 0.2) is 0 Å². The first-order valence-corrected chi connectivity index (χ1v) is 9.80. The molecule has 0 N–H and O–H groups in total. The van der Waals surface area contributed by atoms with Crippen LogP contribution < -0.4 is 0 Å². The molecule has 0 saturated heterocycles. The van der Waals surface area contributed by atoms with Gasteiger partial charge in [-0.3, -0.25) is 0 Å². The second kappa shape index (κ2) is 4.99. The Morgan fingerprint density at radius 3 is 1.61 bits per heavy atom. The standard InChI is InChI=1S/C28H16/c1-2-8-20-17(5-1)13-14-23-21(20)15-16-24-22-9-3-6-18-11-12-19-7-4-10-25(28(23)24)27(19)26(18)22/h1-16H. The summed E-state index contributed by atoms with van der Waals surface area (Å²) in [5.41, 5.74) is 0. The fraction of sp³-hybridized carbons (Fsp3) is 0. The monoisotopic (exact) mass is 352 g/mol. The topological polar surface area (TPSA) is 0 Å². The van der Waals surface area contributed by atoms with Gasteiger partial charge in [0, 0.05) is 0 Å². The Labute approximate surface area is 162 Å². The molecule has 7 aromatic rings. The minimum absolute atomic E-state index is 1.30. The van der Waals surface area contributed by atoms with Gasteiger partial charge in [0.1, 0.15) is 0 Å². The lowest BCUT2D eigenvalue weighted by Gasteiger charge is -2.16. The minimum atomic E-state index is 1.30. The zero-order valence-electron chi connectivity index (χ0n) is 15.2. The summed E-state index contributed by atoms with van der Waals surface area (Å²) in [5, 5.41) is 16.2. The summed E-state index contributed by atoms with van der Waals surface area (Å²) in [5.74, 6) is 0. The second-order valence-corrected chi connectivity index (χ2v) is 7.74. The Hall–Kier alpha value is -3.64. The molecule has 0 aromatic heterocycles. The van der Waals surface area contributed by atoms with E-state index in [2.05, 4.69) is 97.1 Å². The molecule has 0 spiro atoms. The Morgan fingerprint density at radius 2 is 0.750 bits per heavy atom. The molecule has 128 valence electrons. The van der Waals surface area contributed by atoms with Gasteiger partial charge >= 0.3 is 0 Å². The molecule has 7 rings (SSSR count). The zero-order valence-corrected chi connectivity index (χ0v) is 15.2. The van der Waals surface area contributed by atoms with Crippen LogP contribution in [0.3, 0.4) is 0 Å². The molecule has 0 heteroatoms. The van der Waals surface area contributed by atoms with Crippen molar-refractivity contribution in [3.8, 4) is 0 Å². The SMILES string of the molecule is c1ccc2c(c1)ccc1c2ccc2c3cccc4ccc5cccc(c12)c5c43. The van der Waals surface area contributed by atoms with E-state index >= 15 is 0 Å². The van der Waals surface area contributed by atoms with Crippen molar-refractivity contribution >= 4 is 64.6 Å². The zero-order chi connectivity index (χ0) is 18.2. The normalized spacial score (nSPS) is 12.3. The summed E-state index contributed by atoms with van der Waals surface area (Å²) in [6.45, 7) is 0. The lowest BCUT2D eigenvalue weighted by atomic mass is 9.87. The summed E-state index contributed by atoms with van der Waals surface area (Å²) in [7, 11) is 0. The number of hydrogen-bond donors (Lipinski definition) is 0. The van der Waals surface area contributed by atoms with E-state index in [4.69, 9.17) is 0 Å². The Kier molecular flexibility index (Phi) is 2.57. The lowest BCUT2D eigenvalue weighted by Crippen LogP contribution is -1.88. The molecule has 0 amide bonds. The molecule has 0 radical (unpaired) electrons. The second-order valence-electron chi connectivity index (χ2n) is 7.74. The van der Waals surface area contributed by atoms with Crippen molar-refractivity contribution in [1.82, 2.24) is 0 Å². The van der Waals surface area contributed by atoms with Crippen molar-refractivity contribution in [2.45, 2.75) is 0 Å². The molecule has 0 nitrogen and oxygen atoms in total. The van der Waals surface area contributed by atoms with E-state index in [9.17, 15) is 0 Å². The van der Waals surface area contributed by atoms with Crippen LogP contribution in [-0.4, -0.2) is 0 Å². The van der Waals surface area contributed by atoms with Gasteiger partial charge < -0.3 is 0 Å². The van der Waals surface area contributed by atoms with Crippen LogP contribution in [0, 0.1) is 0 Å². The number of hydrogen-bond acceptors (Lipinski definition) is 0. The maximum Gasteiger partial charge on any atom is -0.00199 e. The van der Waals surface area contributed by atoms with Gasteiger partial charge in [-0.05, 0) is 64.6 Å². The van der Waals surface area contributed by atoms with Gasteiger partial charge in [-0.2, -0.15) is 0 Å². The first kappa shape index (κ1) is 14.4. The number of fused-ring (bicyclic) bond motifs is 7. The summed E-state index contributed by atoms with van der Waals surface area (Å²) in [6, 6.07) is 35.8. The van der Waals surface area contributed by atoms with Crippen LogP contribution in [0.2, 0.25) is 0 Å². The van der Waals surface area contributed by atoms with Gasteiger partial charge in [-0.15, -0.1) is 0 Å². The van der Waals surface area contributed by atoms with E-state index in [1.807, 2.05) is 0 Å². The van der Waals surface area contributed by atoms with Gasteiger partial charge in [0.05, 0.1) is 0 Å². The van der Waals surface area contributed by atoms with Gasteiger partial charge in [0.25, 0.3) is 0 Å². The highest BCUT2D eigenvalue weighted by Gasteiger charge is 2.15. The fourth-order valence-electron chi connectivity index (χ4n) is 5.19. The molecule has 28 heavy (non-hydrogen) atoms. The Balaban J connectivity index is 1.88. The average Bonchev–Trinajstić information content (AvgIpc) is 2.77. The van der Waals surface area contributed by atoms with Crippen molar-refractivity contribution in [2.75, 3.05) is 0 Å². The largest absolute Gasteiger partial charge is 0.0616 e. The summed E-state index contributed by atoms with van der Waals surface area (Å²) < 4.78 is 0. The van der Waals surface area contributed by atoms with E-state index in [0.29, 0.717) is 0 Å². The van der Waals surface area contributed by atoms with Crippen molar-refractivity contribution in [3.63, 3.8) is 0 Å². The lowest BCUT2D eigenvalue weighted by molar-refractivity contribution is 1.79. The molecule has 0 saturated carbocycles. The van der Waals surface area contributed by atoms with Crippen molar-refractivity contribution in [3.05, 3.63) is 97.1 Å². The number of rotatable bonds is 0. The van der Waals surface area contributed by atoms with Crippen LogP contribution in [0.4, 0.5) is 0 Å². The van der Waals surface area contributed by atoms with Gasteiger partial charge in [0.2, 0.25) is 0 Å². The third-order valence-electron chi connectivity index (χ3n) is 6.37. The third-order valence-corrected chi connectivity index (χ3v) is 6.37. The van der Waals surface area contributed by atoms with Crippen LogP contribution in [0.25, 0.3) is 64.6 Å². The summed E-state index contributed by atoms with van der Waals surface area (Å²) in [4.78, 5) is 0. The highest BCUT2D eigenvalue weighted by atomic mass is 14.2. The van der Waals surface area contributed by atoms with E-state index in [1.165, 1.54) is 64.6 Å². The van der Waals surface area contributed by atoms with E-state index < -0.39 is 0 Å². The van der Waals surface area contributed by atoms with Crippen LogP contribution in [0.15, 0.2) is 97.1 Å². The molecule has 0 bridgehead atoms. The van der Waals surface area contributed by atoms with Crippen molar-refractivity contribution in [2.24, 2.45) is 0 Å². The molecule has 0 fully saturated rings. The highest BCUT2D eigenvalue weighted by molar-refractivity contribution is 6.38. The predicted octanol–water partition coefficient (Wildman–Crippen LogP) is 8.04. The molecule has 7 aromatic carbocycles. The molecule has 0 heterocycles. The molecule has 0 atom stereocenters. The summed E-state index contributed by atoms with van der Waals surface area (Å²) in [6.07, 6.45) is 0. The maximum absolute atomic E-state index is 2.33. The molecule has 0 aliphatic rings. The van der Waals surface area contributed by atoms with Gasteiger partial charge in [-0.25, -0.2) is 0 Å². The molecule has 0 aliphatic carbocycles. The van der Waals surface area contributed by atoms with E-state index in [-0.39, 0.29) is 0 Å². The average molecular weight is 352 g/mol. The van der Waals surface area contributed by atoms with Crippen LogP contribution >= 0.6 is 0 Å². The van der Waals surface area contributed by atoms with E-state index in [1.54, 1.807) is 0 Å². The van der Waals surface area contributed by atoms with Crippen molar-refractivity contribution in [1.29, 1.82) is 0 Å². The molecular weight excluding hydrogens is 336 g/mol. The quantitative estimate of drug-likeness (QED) is 0.191. The molecule has 0 unspecified atom stereocenters. The Morgan fingerprint density at radius 1 is 0.250 bits per heavy atom. The van der Waals surface area contributed by atoms with Crippen LogP contribution in [0.5, 0.6) is 0 Å². The van der Waals surface area contributed by atoms with Crippen LogP contribution in [0.1, 0.15) is 0 Å².